The van der Waals surface area contributed by atoms with Crippen LogP contribution in [0.5, 0.6) is 5.88 Å². The minimum absolute atomic E-state index is 0.0182. The average molecular weight is 497 g/mol. The molecule has 9 nitrogen and oxygen atoms in total. The van der Waals surface area contributed by atoms with Crippen molar-refractivity contribution in [3.63, 3.8) is 0 Å². The number of imidazole rings is 1. The van der Waals surface area contributed by atoms with Gasteiger partial charge in [0.05, 0.1) is 17.5 Å². The second-order valence-corrected chi connectivity index (χ2v) is 9.32. The van der Waals surface area contributed by atoms with E-state index in [0.717, 1.165) is 27.7 Å². The Bertz CT molecular complexity index is 1640. The molecule has 33 heavy (non-hydrogen) atoms. The van der Waals surface area contributed by atoms with Crippen LogP contribution in [0.4, 0.5) is 8.78 Å². The molecule has 0 bridgehead atoms. The first-order valence-electron chi connectivity index (χ1n) is 9.26. The summed E-state index contributed by atoms with van der Waals surface area (Å²) in [5, 5.41) is -0.140. The summed E-state index contributed by atoms with van der Waals surface area (Å²) < 4.78 is 59.5. The van der Waals surface area contributed by atoms with E-state index in [2.05, 4.69) is 4.98 Å². The summed E-state index contributed by atoms with van der Waals surface area (Å²) >= 11 is 6.21. The number of benzene rings is 2. The molecule has 0 aliphatic heterocycles. The first-order chi connectivity index (χ1) is 15.5. The van der Waals surface area contributed by atoms with E-state index in [9.17, 15) is 26.8 Å². The summed E-state index contributed by atoms with van der Waals surface area (Å²) in [4.78, 5) is 29.0. The Morgan fingerprint density at radius 3 is 2.55 bits per heavy atom. The molecular weight excluding hydrogens is 482 g/mol. The first-order valence-corrected chi connectivity index (χ1v) is 11.5. The van der Waals surface area contributed by atoms with Crippen LogP contribution in [0.3, 0.4) is 0 Å². The third kappa shape index (κ3) is 4.02. The fraction of sp³-hybridized carbons (Fsp3) is 0.150. The lowest BCUT2D eigenvalue weighted by Crippen LogP contribution is -2.28. The van der Waals surface area contributed by atoms with Crippen molar-refractivity contribution in [2.75, 3.05) is 6.26 Å². The second kappa shape index (κ2) is 8.12. The molecule has 0 aliphatic carbocycles. The molecule has 0 fully saturated rings. The lowest BCUT2D eigenvalue weighted by molar-refractivity contribution is 0.286. The highest BCUT2D eigenvalue weighted by molar-refractivity contribution is 7.89. The highest BCUT2D eigenvalue weighted by atomic mass is 35.5. The lowest BCUT2D eigenvalue weighted by Gasteiger charge is -2.12. The van der Waals surface area contributed by atoms with Crippen LogP contribution in [0.1, 0.15) is 5.56 Å². The maximum Gasteiger partial charge on any atom is 0.355 e. The van der Waals surface area contributed by atoms with E-state index >= 15 is 0 Å². The fourth-order valence-electron chi connectivity index (χ4n) is 3.31. The van der Waals surface area contributed by atoms with Crippen LogP contribution >= 0.6 is 11.6 Å². The van der Waals surface area contributed by atoms with Crippen LogP contribution in [-0.2, 0) is 23.7 Å². The van der Waals surface area contributed by atoms with Crippen LogP contribution < -0.4 is 16.1 Å². The van der Waals surface area contributed by atoms with Gasteiger partial charge in [-0.2, -0.15) is 8.96 Å². The zero-order valence-electron chi connectivity index (χ0n) is 17.1. The molecule has 13 heteroatoms. The molecule has 0 spiro atoms. The number of halogens is 3. The molecule has 2 aromatic heterocycles. The highest BCUT2D eigenvalue weighted by Crippen LogP contribution is 2.25. The van der Waals surface area contributed by atoms with Crippen LogP contribution in [0.25, 0.3) is 16.7 Å². The van der Waals surface area contributed by atoms with Crippen molar-refractivity contribution < 1.29 is 21.9 Å². The number of ether oxygens (including phenoxy) is 1. The number of aryl methyl sites for hydroxylation is 1. The maximum atomic E-state index is 13.8. The van der Waals surface area contributed by atoms with E-state index in [1.807, 2.05) is 0 Å². The molecular formula is C20H15ClF2N4O5S. The summed E-state index contributed by atoms with van der Waals surface area (Å²) in [6.45, 7) is -0.371. The van der Waals surface area contributed by atoms with Crippen molar-refractivity contribution in [2.24, 2.45) is 7.05 Å². The molecule has 0 aliphatic rings. The number of hydrogen-bond donors (Lipinski definition) is 0. The standard InChI is InChI=1S/C20H15ClF2N4O5S/c1-25-15-4-3-5-16(17(15)27(20(25)29)33(2,30)31)26-9-13(21)18(24-19(26)28)32-10-11-6-7-12(22)8-14(11)23/h3-9H,10H2,1-2H3. The predicted octanol–water partition coefficient (Wildman–Crippen LogP) is 2.20. The molecule has 2 heterocycles. The van der Waals surface area contributed by atoms with Gasteiger partial charge in [0.25, 0.3) is 0 Å². The van der Waals surface area contributed by atoms with Crippen LogP contribution in [0.2, 0.25) is 5.02 Å². The van der Waals surface area contributed by atoms with Gasteiger partial charge in [0, 0.05) is 24.9 Å². The fourth-order valence-corrected chi connectivity index (χ4v) is 4.43. The third-order valence-corrected chi connectivity index (χ3v) is 6.10. The Morgan fingerprint density at radius 2 is 1.88 bits per heavy atom. The molecule has 2 aromatic carbocycles. The van der Waals surface area contributed by atoms with Gasteiger partial charge in [0.15, 0.2) is 0 Å². The Kier molecular flexibility index (Phi) is 5.58. The summed E-state index contributed by atoms with van der Waals surface area (Å²) in [5.41, 5.74) is -1.41. The van der Waals surface area contributed by atoms with E-state index < -0.39 is 33.0 Å². The molecule has 0 N–H and O–H groups in total. The molecule has 0 radical (unpaired) electrons. The van der Waals surface area contributed by atoms with Crippen molar-refractivity contribution in [1.82, 2.24) is 18.1 Å². The number of hydrogen-bond acceptors (Lipinski definition) is 6. The number of aromatic nitrogens is 4. The molecule has 0 atom stereocenters. The van der Waals surface area contributed by atoms with Gasteiger partial charge in [-0.3, -0.25) is 9.13 Å². The number of nitrogens with zero attached hydrogens (tertiary/aromatic N) is 4. The van der Waals surface area contributed by atoms with Gasteiger partial charge >= 0.3 is 11.4 Å². The van der Waals surface area contributed by atoms with E-state index in [0.29, 0.717) is 10.0 Å². The molecule has 4 rings (SSSR count). The molecule has 4 aromatic rings. The van der Waals surface area contributed by atoms with E-state index in [1.54, 1.807) is 0 Å². The molecule has 0 unspecified atom stereocenters. The summed E-state index contributed by atoms with van der Waals surface area (Å²) in [7, 11) is -2.62. The molecule has 0 saturated heterocycles. The lowest BCUT2D eigenvalue weighted by atomic mass is 10.2. The zero-order chi connectivity index (χ0) is 24.1. The van der Waals surface area contributed by atoms with Gasteiger partial charge in [-0.25, -0.2) is 26.8 Å². The minimum atomic E-state index is -4.02. The Labute approximate surface area is 190 Å². The number of fused-ring (bicyclic) bond motifs is 1. The van der Waals surface area contributed by atoms with Crippen LogP contribution in [0, 0.1) is 11.6 Å². The van der Waals surface area contributed by atoms with Crippen molar-refractivity contribution in [2.45, 2.75) is 6.61 Å². The van der Waals surface area contributed by atoms with Gasteiger partial charge in [-0.05, 0) is 24.3 Å². The quantitative estimate of drug-likeness (QED) is 0.419. The minimum Gasteiger partial charge on any atom is -0.471 e. The highest BCUT2D eigenvalue weighted by Gasteiger charge is 2.22. The topological polar surface area (TPSA) is 105 Å². The van der Waals surface area contributed by atoms with Crippen molar-refractivity contribution >= 4 is 32.7 Å². The summed E-state index contributed by atoms with van der Waals surface area (Å²) in [5.74, 6) is -1.89. The largest absolute Gasteiger partial charge is 0.471 e. The molecule has 172 valence electrons. The van der Waals surface area contributed by atoms with Gasteiger partial charge in [0.2, 0.25) is 15.9 Å². The van der Waals surface area contributed by atoms with Crippen LogP contribution in [-0.4, -0.2) is 32.8 Å². The van der Waals surface area contributed by atoms with E-state index in [-0.39, 0.29) is 39.8 Å². The number of para-hydroxylation sites is 1. The normalized spacial score (nSPS) is 11.8. The number of rotatable bonds is 5. The van der Waals surface area contributed by atoms with E-state index in [4.69, 9.17) is 16.3 Å². The Balaban J connectivity index is 1.82. The van der Waals surface area contributed by atoms with Crippen molar-refractivity contribution in [1.29, 1.82) is 0 Å². The summed E-state index contributed by atoms with van der Waals surface area (Å²) in [6, 6.07) is 7.41. The predicted molar refractivity (Wildman–Crippen MR) is 117 cm³/mol. The average Bonchev–Trinajstić information content (AvgIpc) is 3.00. The van der Waals surface area contributed by atoms with E-state index in [1.165, 1.54) is 31.3 Å². The maximum absolute atomic E-state index is 13.8. The first kappa shape index (κ1) is 22.7. The van der Waals surface area contributed by atoms with Gasteiger partial charge in [-0.15, -0.1) is 0 Å². The van der Waals surface area contributed by atoms with Gasteiger partial charge < -0.3 is 4.74 Å². The zero-order valence-corrected chi connectivity index (χ0v) is 18.7. The molecule has 0 amide bonds. The Morgan fingerprint density at radius 1 is 1.15 bits per heavy atom. The molecule has 0 saturated carbocycles. The smallest absolute Gasteiger partial charge is 0.355 e. The second-order valence-electron chi connectivity index (χ2n) is 7.08. The van der Waals surface area contributed by atoms with Gasteiger partial charge in [-0.1, -0.05) is 17.7 Å². The van der Waals surface area contributed by atoms with Crippen molar-refractivity contribution in [3.05, 3.63) is 85.8 Å². The van der Waals surface area contributed by atoms with Crippen LogP contribution in [0.15, 0.2) is 52.2 Å². The summed E-state index contributed by atoms with van der Waals surface area (Å²) in [6.07, 6.45) is 2.01. The van der Waals surface area contributed by atoms with Crippen molar-refractivity contribution in [3.8, 4) is 11.6 Å². The van der Waals surface area contributed by atoms with Gasteiger partial charge in [0.1, 0.15) is 28.8 Å². The SMILES string of the molecule is Cn1c(=O)n(S(C)(=O)=O)c2c(-n3cc(Cl)c(OCc4ccc(F)cc4F)nc3=O)cccc21. The monoisotopic (exact) mass is 496 g/mol. The third-order valence-electron chi connectivity index (χ3n) is 4.84. The Hall–Kier alpha value is -3.51.